The number of alkyl halides is 3. The lowest BCUT2D eigenvalue weighted by molar-refractivity contribution is -0.153. The molecule has 0 N–H and O–H groups in total. The topological polar surface area (TPSA) is 59.8 Å². The van der Waals surface area contributed by atoms with Gasteiger partial charge in [0.25, 0.3) is 5.56 Å². The minimum Gasteiger partial charge on any atom is -0.379 e. The first-order valence-electron chi connectivity index (χ1n) is 9.96. The zero-order valence-electron chi connectivity index (χ0n) is 17.3. The number of anilines is 2. The molecule has 1 fully saturated rings. The van der Waals surface area contributed by atoms with Gasteiger partial charge in [0.1, 0.15) is 11.9 Å². The van der Waals surface area contributed by atoms with Crippen LogP contribution in [0, 0.1) is 5.92 Å². The second kappa shape index (κ2) is 8.51. The van der Waals surface area contributed by atoms with Gasteiger partial charge in [0.2, 0.25) is 5.95 Å². The summed E-state index contributed by atoms with van der Waals surface area (Å²) < 4.78 is 53.7. The highest BCUT2D eigenvalue weighted by atomic mass is 19.4. The van der Waals surface area contributed by atoms with Crippen LogP contribution in [0.3, 0.4) is 0 Å². The van der Waals surface area contributed by atoms with Crippen LogP contribution in [0.15, 0.2) is 10.9 Å². The van der Waals surface area contributed by atoms with Crippen LogP contribution < -0.4 is 15.4 Å². The fourth-order valence-corrected chi connectivity index (χ4v) is 3.97. The minimum absolute atomic E-state index is 0.00685. The van der Waals surface area contributed by atoms with E-state index >= 15 is 0 Å². The van der Waals surface area contributed by atoms with Crippen LogP contribution in [-0.2, 0) is 16.0 Å². The Balaban J connectivity index is 2.06. The number of morpholine rings is 1. The Morgan fingerprint density at radius 2 is 2.07 bits per heavy atom. The lowest BCUT2D eigenvalue weighted by Crippen LogP contribution is -2.55. The van der Waals surface area contributed by atoms with E-state index in [2.05, 4.69) is 4.98 Å². The largest absolute Gasteiger partial charge is 0.408 e. The molecule has 0 aliphatic carbocycles. The van der Waals surface area contributed by atoms with Gasteiger partial charge in [-0.25, -0.2) is 0 Å². The molecule has 1 unspecified atom stereocenters. The molecule has 2 aliphatic heterocycles. The van der Waals surface area contributed by atoms with Crippen molar-refractivity contribution >= 4 is 11.8 Å². The average Bonchev–Trinajstić information content (AvgIpc) is 2.65. The van der Waals surface area contributed by atoms with E-state index in [-0.39, 0.29) is 43.0 Å². The van der Waals surface area contributed by atoms with Crippen molar-refractivity contribution in [3.63, 3.8) is 0 Å². The predicted octanol–water partition coefficient (Wildman–Crippen LogP) is 2.28. The molecule has 2 aliphatic rings. The van der Waals surface area contributed by atoms with Crippen LogP contribution in [-0.4, -0.2) is 67.3 Å². The number of hydrogen-bond donors (Lipinski definition) is 0. The van der Waals surface area contributed by atoms with Crippen LogP contribution in [0.1, 0.15) is 27.2 Å². The fourth-order valence-electron chi connectivity index (χ4n) is 3.97. The molecule has 0 aromatic carbocycles. The Hall–Kier alpha value is -1.81. The van der Waals surface area contributed by atoms with Crippen LogP contribution in [0.2, 0.25) is 0 Å². The van der Waals surface area contributed by atoms with E-state index in [1.165, 1.54) is 22.6 Å². The lowest BCUT2D eigenvalue weighted by Gasteiger charge is -2.42. The molecule has 3 atom stereocenters. The Bertz CT molecular complexity index is 768. The number of rotatable bonds is 5. The molecule has 1 saturated heterocycles. The summed E-state index contributed by atoms with van der Waals surface area (Å²) in [5.41, 5.74) is -0.340. The van der Waals surface area contributed by atoms with E-state index < -0.39 is 18.3 Å². The zero-order valence-corrected chi connectivity index (χ0v) is 17.3. The standard InChI is InChI=1S/C19H29F3N4O3/c1-12(2)14(28-4)10-26-15(19(20,21)22)5-6-25-17(27)9-16(23-18(25)26)24-7-8-29-11-13(24)3/h9,12-15H,5-8,10-11H2,1-4H3/t13-,14?,15+/m1/s1. The predicted molar refractivity (Wildman–Crippen MR) is 104 cm³/mol. The second-order valence-corrected chi connectivity index (χ2v) is 8.04. The third-order valence-electron chi connectivity index (χ3n) is 5.70. The number of methoxy groups -OCH3 is 1. The van der Waals surface area contributed by atoms with Gasteiger partial charge in [-0.15, -0.1) is 0 Å². The molecule has 3 heterocycles. The number of ether oxygens (including phenoxy) is 2. The molecule has 10 heteroatoms. The van der Waals surface area contributed by atoms with Crippen molar-refractivity contribution in [3.05, 3.63) is 16.4 Å². The quantitative estimate of drug-likeness (QED) is 0.731. The Labute approximate surface area is 168 Å². The van der Waals surface area contributed by atoms with Gasteiger partial charge in [0.05, 0.1) is 25.4 Å². The highest BCUT2D eigenvalue weighted by molar-refractivity contribution is 5.47. The van der Waals surface area contributed by atoms with Gasteiger partial charge in [0.15, 0.2) is 0 Å². The average molecular weight is 418 g/mol. The van der Waals surface area contributed by atoms with Crippen molar-refractivity contribution in [2.24, 2.45) is 5.92 Å². The molecule has 164 valence electrons. The first-order chi connectivity index (χ1) is 13.6. The summed E-state index contributed by atoms with van der Waals surface area (Å²) in [6, 6.07) is -0.312. The maximum atomic E-state index is 13.8. The molecule has 29 heavy (non-hydrogen) atoms. The van der Waals surface area contributed by atoms with Crippen molar-refractivity contribution in [2.75, 3.05) is 43.2 Å². The summed E-state index contributed by atoms with van der Waals surface area (Å²) in [6.45, 7) is 7.22. The third-order valence-corrected chi connectivity index (χ3v) is 5.70. The summed E-state index contributed by atoms with van der Waals surface area (Å²) in [4.78, 5) is 20.4. The number of aromatic nitrogens is 2. The van der Waals surface area contributed by atoms with Gasteiger partial charge in [0, 0.05) is 32.8 Å². The molecule has 0 amide bonds. The summed E-state index contributed by atoms with van der Waals surface area (Å²) in [7, 11) is 1.49. The molecule has 0 bridgehead atoms. The van der Waals surface area contributed by atoms with Crippen LogP contribution in [0.25, 0.3) is 0 Å². The maximum Gasteiger partial charge on any atom is 0.408 e. The Morgan fingerprint density at radius 3 is 2.66 bits per heavy atom. The number of nitrogens with zero attached hydrogens (tertiary/aromatic N) is 4. The van der Waals surface area contributed by atoms with Gasteiger partial charge < -0.3 is 19.3 Å². The molecular weight excluding hydrogens is 389 g/mol. The molecule has 3 rings (SSSR count). The number of halogens is 3. The fraction of sp³-hybridized carbons (Fsp3) is 0.789. The van der Waals surface area contributed by atoms with E-state index in [0.29, 0.717) is 25.6 Å². The lowest BCUT2D eigenvalue weighted by atomic mass is 10.0. The van der Waals surface area contributed by atoms with Crippen molar-refractivity contribution in [1.29, 1.82) is 0 Å². The summed E-state index contributed by atoms with van der Waals surface area (Å²) in [6.07, 6.45) is -5.05. The molecule has 0 radical (unpaired) electrons. The third kappa shape index (κ3) is 4.53. The number of hydrogen-bond acceptors (Lipinski definition) is 6. The van der Waals surface area contributed by atoms with Crippen molar-refractivity contribution in [3.8, 4) is 0 Å². The number of fused-ring (bicyclic) bond motifs is 1. The molecular formula is C19H29F3N4O3. The monoisotopic (exact) mass is 418 g/mol. The van der Waals surface area contributed by atoms with E-state index in [1.807, 2.05) is 25.7 Å². The van der Waals surface area contributed by atoms with E-state index in [4.69, 9.17) is 9.47 Å². The van der Waals surface area contributed by atoms with Gasteiger partial charge in [-0.1, -0.05) is 13.8 Å². The second-order valence-electron chi connectivity index (χ2n) is 8.04. The summed E-state index contributed by atoms with van der Waals surface area (Å²) >= 11 is 0. The van der Waals surface area contributed by atoms with E-state index in [1.54, 1.807) is 0 Å². The molecule has 7 nitrogen and oxygen atoms in total. The highest BCUT2D eigenvalue weighted by Crippen LogP contribution is 2.35. The van der Waals surface area contributed by atoms with Gasteiger partial charge in [-0.3, -0.25) is 9.36 Å². The maximum absolute atomic E-state index is 13.8. The summed E-state index contributed by atoms with van der Waals surface area (Å²) in [5, 5.41) is 0. The van der Waals surface area contributed by atoms with Crippen LogP contribution in [0.4, 0.5) is 24.9 Å². The van der Waals surface area contributed by atoms with Crippen LogP contribution in [0.5, 0.6) is 0 Å². The Kier molecular flexibility index (Phi) is 6.42. The minimum atomic E-state index is -4.43. The first kappa shape index (κ1) is 21.9. The summed E-state index contributed by atoms with van der Waals surface area (Å²) in [5.74, 6) is 0.462. The van der Waals surface area contributed by atoms with Crippen molar-refractivity contribution in [1.82, 2.24) is 9.55 Å². The van der Waals surface area contributed by atoms with E-state index in [9.17, 15) is 18.0 Å². The highest BCUT2D eigenvalue weighted by Gasteiger charge is 2.47. The first-order valence-corrected chi connectivity index (χ1v) is 9.96. The smallest absolute Gasteiger partial charge is 0.379 e. The van der Waals surface area contributed by atoms with E-state index in [0.717, 1.165) is 0 Å². The SMILES string of the molecule is COC(CN1c2nc(N3CCOC[C@H]3C)cc(=O)n2CC[C@H]1C(F)(F)F)C(C)C. The van der Waals surface area contributed by atoms with Crippen LogP contribution >= 0.6 is 0 Å². The zero-order chi connectivity index (χ0) is 21.3. The van der Waals surface area contributed by atoms with Gasteiger partial charge in [-0.05, 0) is 19.3 Å². The van der Waals surface area contributed by atoms with Crippen molar-refractivity contribution in [2.45, 2.75) is 58.1 Å². The molecule has 0 spiro atoms. The molecule has 1 aromatic rings. The Morgan fingerprint density at radius 1 is 1.34 bits per heavy atom. The van der Waals surface area contributed by atoms with Gasteiger partial charge in [-0.2, -0.15) is 18.2 Å². The molecule has 0 saturated carbocycles. The van der Waals surface area contributed by atoms with Gasteiger partial charge >= 0.3 is 6.18 Å². The molecule has 1 aromatic heterocycles. The van der Waals surface area contributed by atoms with Crippen molar-refractivity contribution < 1.29 is 22.6 Å². The normalized spacial score (nSPS) is 24.0.